The summed E-state index contributed by atoms with van der Waals surface area (Å²) in [6.07, 6.45) is 2.51. The van der Waals surface area contributed by atoms with Gasteiger partial charge in [0.1, 0.15) is 5.82 Å². The first kappa shape index (κ1) is 13.8. The van der Waals surface area contributed by atoms with Crippen LogP contribution in [-0.4, -0.2) is 16.5 Å². The third kappa shape index (κ3) is 2.66. The minimum Gasteiger partial charge on any atom is -0.369 e. The van der Waals surface area contributed by atoms with Crippen molar-refractivity contribution in [3.8, 4) is 11.4 Å². The van der Waals surface area contributed by atoms with Crippen molar-refractivity contribution in [3.63, 3.8) is 0 Å². The van der Waals surface area contributed by atoms with Crippen LogP contribution in [0.5, 0.6) is 0 Å². The van der Waals surface area contributed by atoms with Crippen molar-refractivity contribution in [2.45, 2.75) is 32.6 Å². The summed E-state index contributed by atoms with van der Waals surface area (Å²) in [5.41, 5.74) is 3.57. The molecule has 20 heavy (non-hydrogen) atoms. The first-order chi connectivity index (χ1) is 9.70. The van der Waals surface area contributed by atoms with Gasteiger partial charge in [-0.1, -0.05) is 24.3 Å². The molecule has 4 heteroatoms. The molecule has 3 nitrogen and oxygen atoms in total. The summed E-state index contributed by atoms with van der Waals surface area (Å²) in [6, 6.07) is 8.32. The predicted molar refractivity (Wildman–Crippen MR) is 91.1 cm³/mol. The summed E-state index contributed by atoms with van der Waals surface area (Å²) >= 11 is 2.38. The Hall–Kier alpha value is -1.17. The van der Waals surface area contributed by atoms with Gasteiger partial charge in [0.05, 0.1) is 9.26 Å². The van der Waals surface area contributed by atoms with E-state index >= 15 is 0 Å². The van der Waals surface area contributed by atoms with Crippen molar-refractivity contribution >= 4 is 28.4 Å². The molecule has 1 aliphatic rings. The molecule has 1 aromatic carbocycles. The van der Waals surface area contributed by atoms with Gasteiger partial charge in [-0.15, -0.1) is 0 Å². The molecule has 1 heterocycles. The fourth-order valence-corrected chi connectivity index (χ4v) is 3.19. The van der Waals surface area contributed by atoms with Gasteiger partial charge in [0, 0.05) is 18.0 Å². The fraction of sp³-hybridized carbons (Fsp3) is 0.375. The number of halogens is 1. The van der Waals surface area contributed by atoms with Crippen LogP contribution in [0.25, 0.3) is 11.4 Å². The highest BCUT2D eigenvalue weighted by Crippen LogP contribution is 2.43. The molecule has 1 saturated carbocycles. The van der Waals surface area contributed by atoms with Crippen molar-refractivity contribution in [1.29, 1.82) is 0 Å². The molecule has 0 amide bonds. The van der Waals surface area contributed by atoms with Gasteiger partial charge in [-0.3, -0.25) is 0 Å². The molecule has 0 saturated heterocycles. The number of benzene rings is 1. The number of anilines is 1. The van der Waals surface area contributed by atoms with Crippen molar-refractivity contribution in [1.82, 2.24) is 9.97 Å². The maximum Gasteiger partial charge on any atom is 0.162 e. The molecule has 1 N–H and O–H groups in total. The fourth-order valence-electron chi connectivity index (χ4n) is 2.32. The summed E-state index contributed by atoms with van der Waals surface area (Å²) in [7, 11) is 0. The number of hydrogen-bond acceptors (Lipinski definition) is 3. The molecule has 1 fully saturated rings. The van der Waals surface area contributed by atoms with Crippen LogP contribution < -0.4 is 5.32 Å². The standard InChI is InChI=1S/C16H18IN3/c1-3-18-16-13(17)14(11-8-9-11)19-15(20-16)12-7-5-4-6-10(12)2/h4-7,11H,3,8-9H2,1-2H3,(H,18,19,20). The average molecular weight is 379 g/mol. The van der Waals surface area contributed by atoms with Crippen LogP contribution in [0, 0.1) is 10.5 Å². The third-order valence-corrected chi connectivity index (χ3v) is 4.63. The SMILES string of the molecule is CCNc1nc(-c2ccccc2C)nc(C2CC2)c1I. The van der Waals surface area contributed by atoms with Gasteiger partial charge >= 0.3 is 0 Å². The first-order valence-electron chi connectivity index (χ1n) is 7.08. The van der Waals surface area contributed by atoms with E-state index in [1.165, 1.54) is 27.7 Å². The zero-order valence-corrected chi connectivity index (χ0v) is 13.9. The van der Waals surface area contributed by atoms with Crippen LogP contribution in [0.3, 0.4) is 0 Å². The first-order valence-corrected chi connectivity index (χ1v) is 8.16. The molecule has 0 spiro atoms. The molecule has 0 radical (unpaired) electrons. The lowest BCUT2D eigenvalue weighted by Gasteiger charge is -2.13. The van der Waals surface area contributed by atoms with Crippen LogP contribution in [0.15, 0.2) is 24.3 Å². The highest BCUT2D eigenvalue weighted by Gasteiger charge is 2.29. The summed E-state index contributed by atoms with van der Waals surface area (Å²) in [4.78, 5) is 9.58. The van der Waals surface area contributed by atoms with Crippen molar-refractivity contribution < 1.29 is 0 Å². The van der Waals surface area contributed by atoms with Crippen LogP contribution in [0.1, 0.15) is 36.9 Å². The third-order valence-electron chi connectivity index (χ3n) is 3.57. The van der Waals surface area contributed by atoms with E-state index < -0.39 is 0 Å². The lowest BCUT2D eigenvalue weighted by molar-refractivity contribution is 0.971. The second-order valence-electron chi connectivity index (χ2n) is 5.21. The van der Waals surface area contributed by atoms with Crippen LogP contribution in [0.4, 0.5) is 5.82 Å². The topological polar surface area (TPSA) is 37.8 Å². The summed E-state index contributed by atoms with van der Waals surface area (Å²) in [5.74, 6) is 2.45. The molecule has 3 rings (SSSR count). The quantitative estimate of drug-likeness (QED) is 0.802. The summed E-state index contributed by atoms with van der Waals surface area (Å²) in [5, 5.41) is 3.37. The van der Waals surface area contributed by atoms with E-state index in [2.05, 4.69) is 60.0 Å². The Morgan fingerprint density at radius 2 is 2.00 bits per heavy atom. The van der Waals surface area contributed by atoms with E-state index in [-0.39, 0.29) is 0 Å². The average Bonchev–Trinajstić information content (AvgIpc) is 3.26. The Bertz CT molecular complexity index is 636. The van der Waals surface area contributed by atoms with Crippen molar-refractivity contribution in [3.05, 3.63) is 39.1 Å². The lowest BCUT2D eigenvalue weighted by atomic mass is 10.1. The predicted octanol–water partition coefficient (Wildman–Crippen LogP) is 4.37. The monoisotopic (exact) mass is 379 g/mol. The van der Waals surface area contributed by atoms with Gasteiger partial charge in [0.25, 0.3) is 0 Å². The molecule has 0 unspecified atom stereocenters. The minimum atomic E-state index is 0.630. The zero-order chi connectivity index (χ0) is 14.1. The summed E-state index contributed by atoms with van der Waals surface area (Å²) < 4.78 is 1.18. The van der Waals surface area contributed by atoms with Gasteiger partial charge in [-0.05, 0) is 54.8 Å². The Balaban J connectivity index is 2.13. The smallest absolute Gasteiger partial charge is 0.162 e. The molecule has 1 aromatic heterocycles. The zero-order valence-electron chi connectivity index (χ0n) is 11.8. The van der Waals surface area contributed by atoms with Crippen LogP contribution >= 0.6 is 22.6 Å². The van der Waals surface area contributed by atoms with Gasteiger partial charge in [-0.2, -0.15) is 0 Å². The van der Waals surface area contributed by atoms with Crippen molar-refractivity contribution in [2.24, 2.45) is 0 Å². The number of nitrogens with zero attached hydrogens (tertiary/aromatic N) is 2. The molecule has 104 valence electrons. The highest BCUT2D eigenvalue weighted by atomic mass is 127. The van der Waals surface area contributed by atoms with E-state index in [1.807, 2.05) is 6.07 Å². The molecule has 0 aliphatic heterocycles. The minimum absolute atomic E-state index is 0.630. The van der Waals surface area contributed by atoms with E-state index in [0.717, 1.165) is 23.8 Å². The van der Waals surface area contributed by atoms with E-state index in [0.29, 0.717) is 5.92 Å². The number of rotatable bonds is 4. The second-order valence-corrected chi connectivity index (χ2v) is 6.29. The Labute approximate surface area is 133 Å². The summed E-state index contributed by atoms with van der Waals surface area (Å²) in [6.45, 7) is 5.09. The molecule has 0 atom stereocenters. The molecular formula is C16H18IN3. The maximum atomic E-state index is 4.85. The van der Waals surface area contributed by atoms with Crippen LogP contribution in [0.2, 0.25) is 0 Å². The number of nitrogens with one attached hydrogen (secondary N) is 1. The Morgan fingerprint density at radius 1 is 1.25 bits per heavy atom. The van der Waals surface area contributed by atoms with Gasteiger partial charge < -0.3 is 5.32 Å². The van der Waals surface area contributed by atoms with Crippen LogP contribution in [-0.2, 0) is 0 Å². The second kappa shape index (κ2) is 5.68. The number of hydrogen-bond donors (Lipinski definition) is 1. The molecule has 0 bridgehead atoms. The Kier molecular flexibility index (Phi) is 3.92. The number of aryl methyl sites for hydroxylation is 1. The Morgan fingerprint density at radius 3 is 2.65 bits per heavy atom. The molecular weight excluding hydrogens is 361 g/mol. The largest absolute Gasteiger partial charge is 0.369 e. The maximum absolute atomic E-state index is 4.85. The number of aromatic nitrogens is 2. The van der Waals surface area contributed by atoms with E-state index in [4.69, 9.17) is 9.97 Å². The van der Waals surface area contributed by atoms with Gasteiger partial charge in [0.15, 0.2) is 5.82 Å². The van der Waals surface area contributed by atoms with E-state index in [1.54, 1.807) is 0 Å². The normalized spacial score (nSPS) is 14.3. The molecule has 1 aliphatic carbocycles. The molecule has 2 aromatic rings. The van der Waals surface area contributed by atoms with E-state index in [9.17, 15) is 0 Å². The lowest BCUT2D eigenvalue weighted by Crippen LogP contribution is -2.08. The highest BCUT2D eigenvalue weighted by molar-refractivity contribution is 14.1. The van der Waals surface area contributed by atoms with Gasteiger partial charge in [0.2, 0.25) is 0 Å². The van der Waals surface area contributed by atoms with Crippen molar-refractivity contribution in [2.75, 3.05) is 11.9 Å². The van der Waals surface area contributed by atoms with Gasteiger partial charge in [-0.25, -0.2) is 9.97 Å².